The second-order valence-corrected chi connectivity index (χ2v) is 5.69. The lowest BCUT2D eigenvalue weighted by Crippen LogP contribution is -2.35. The first-order valence-corrected chi connectivity index (χ1v) is 6.85. The number of amidine groups is 1. The number of hydrogen-bond donors (Lipinski definition) is 1. The molecule has 5 heteroatoms. The molecular weight excluding hydrogens is 294 g/mol. The van der Waals surface area contributed by atoms with Gasteiger partial charge in [-0.15, -0.1) is 0 Å². The number of nitrogens with two attached hydrogens (primary N) is 1. The molecule has 0 saturated heterocycles. The Morgan fingerprint density at radius 3 is 2.78 bits per heavy atom. The zero-order valence-corrected chi connectivity index (χ0v) is 11.4. The van der Waals surface area contributed by atoms with Gasteiger partial charge in [0.1, 0.15) is 11.9 Å². The third-order valence-electron chi connectivity index (χ3n) is 3.41. The van der Waals surface area contributed by atoms with Crippen LogP contribution >= 0.6 is 15.9 Å². The number of benzene rings is 1. The molecule has 0 aromatic heterocycles. The van der Waals surface area contributed by atoms with Gasteiger partial charge in [0.2, 0.25) is 0 Å². The van der Waals surface area contributed by atoms with Crippen molar-refractivity contribution in [2.75, 3.05) is 6.54 Å². The number of nitrogens with zero attached hydrogens (tertiary/aromatic N) is 2. The Bertz CT molecular complexity index is 525. The fourth-order valence-corrected chi connectivity index (χ4v) is 2.79. The second kappa shape index (κ2) is 4.39. The van der Waals surface area contributed by atoms with Crippen molar-refractivity contribution in [1.82, 2.24) is 4.90 Å². The summed E-state index contributed by atoms with van der Waals surface area (Å²) >= 11 is 3.51. The Balaban J connectivity index is 1.94. The number of hydrogen-bond acceptors (Lipinski definition) is 2. The molecule has 1 aliphatic heterocycles. The SMILES string of the molecule is NC1=NC(=O)N(CC2CC2)C1c1ccccc1Br. The molecule has 1 saturated carbocycles. The van der Waals surface area contributed by atoms with Crippen LogP contribution in [0.3, 0.4) is 0 Å². The van der Waals surface area contributed by atoms with Gasteiger partial charge in [-0.25, -0.2) is 4.79 Å². The van der Waals surface area contributed by atoms with Crippen LogP contribution in [0.2, 0.25) is 0 Å². The van der Waals surface area contributed by atoms with Gasteiger partial charge < -0.3 is 10.6 Å². The summed E-state index contributed by atoms with van der Waals surface area (Å²) in [5.41, 5.74) is 6.93. The standard InChI is InChI=1S/C13H14BrN3O/c14-10-4-2-1-3-9(10)11-12(15)16-13(18)17(11)7-8-5-6-8/h1-4,8,11H,5-7H2,(H2,15,16,18). The van der Waals surface area contributed by atoms with Crippen molar-refractivity contribution >= 4 is 27.8 Å². The summed E-state index contributed by atoms with van der Waals surface area (Å²) in [4.78, 5) is 17.6. The van der Waals surface area contributed by atoms with Crippen LogP contribution in [0.4, 0.5) is 4.79 Å². The topological polar surface area (TPSA) is 58.7 Å². The smallest absolute Gasteiger partial charge is 0.346 e. The molecule has 2 amide bonds. The minimum absolute atomic E-state index is 0.208. The molecule has 2 N–H and O–H groups in total. The van der Waals surface area contributed by atoms with Gasteiger partial charge in [-0.3, -0.25) is 0 Å². The lowest BCUT2D eigenvalue weighted by molar-refractivity contribution is 0.203. The van der Waals surface area contributed by atoms with Crippen molar-refractivity contribution in [3.05, 3.63) is 34.3 Å². The van der Waals surface area contributed by atoms with Gasteiger partial charge in [-0.1, -0.05) is 34.1 Å². The number of carbonyl (C=O) groups excluding carboxylic acids is 1. The first-order valence-electron chi connectivity index (χ1n) is 6.06. The van der Waals surface area contributed by atoms with E-state index in [9.17, 15) is 4.79 Å². The normalized spacial score (nSPS) is 23.4. The van der Waals surface area contributed by atoms with Crippen molar-refractivity contribution in [2.24, 2.45) is 16.6 Å². The molecule has 1 aliphatic carbocycles. The zero-order chi connectivity index (χ0) is 12.7. The average Bonchev–Trinajstić information content (AvgIpc) is 3.09. The highest BCUT2D eigenvalue weighted by molar-refractivity contribution is 9.10. The van der Waals surface area contributed by atoms with E-state index in [4.69, 9.17) is 5.73 Å². The van der Waals surface area contributed by atoms with Gasteiger partial charge in [0.05, 0.1) is 0 Å². The van der Waals surface area contributed by atoms with Gasteiger partial charge in [-0.05, 0) is 30.4 Å². The number of urea groups is 1. The molecule has 1 aromatic carbocycles. The molecule has 0 bridgehead atoms. The number of carbonyl (C=O) groups is 1. The van der Waals surface area contributed by atoms with E-state index in [0.29, 0.717) is 11.8 Å². The zero-order valence-electron chi connectivity index (χ0n) is 9.84. The largest absolute Gasteiger partial charge is 0.385 e. The van der Waals surface area contributed by atoms with Crippen molar-refractivity contribution in [1.29, 1.82) is 0 Å². The first kappa shape index (κ1) is 11.7. The highest BCUT2D eigenvalue weighted by Gasteiger charge is 2.38. The maximum atomic E-state index is 11.9. The highest BCUT2D eigenvalue weighted by Crippen LogP contribution is 2.37. The molecule has 18 heavy (non-hydrogen) atoms. The summed E-state index contributed by atoms with van der Waals surface area (Å²) in [6, 6.07) is 7.42. The van der Waals surface area contributed by atoms with Crippen molar-refractivity contribution < 1.29 is 4.79 Å². The van der Waals surface area contributed by atoms with Gasteiger partial charge in [-0.2, -0.15) is 4.99 Å². The van der Waals surface area contributed by atoms with E-state index in [1.165, 1.54) is 12.8 Å². The number of rotatable bonds is 3. The fraction of sp³-hybridized carbons (Fsp3) is 0.385. The molecule has 1 fully saturated rings. The maximum Gasteiger partial charge on any atom is 0.346 e. The van der Waals surface area contributed by atoms with E-state index in [-0.39, 0.29) is 12.1 Å². The molecule has 3 rings (SSSR count). The summed E-state index contributed by atoms with van der Waals surface area (Å²) in [5, 5.41) is 0. The quantitative estimate of drug-likeness (QED) is 0.933. The van der Waals surface area contributed by atoms with Crippen LogP contribution in [-0.2, 0) is 0 Å². The van der Waals surface area contributed by atoms with Gasteiger partial charge in [0, 0.05) is 11.0 Å². The molecule has 94 valence electrons. The minimum atomic E-state index is -0.214. The Kier molecular flexibility index (Phi) is 2.86. The summed E-state index contributed by atoms with van der Waals surface area (Å²) in [6.45, 7) is 0.759. The van der Waals surface area contributed by atoms with Gasteiger partial charge >= 0.3 is 6.03 Å². The van der Waals surface area contributed by atoms with Crippen LogP contribution in [0.1, 0.15) is 24.4 Å². The van der Waals surface area contributed by atoms with Crippen LogP contribution < -0.4 is 5.73 Å². The molecule has 0 radical (unpaired) electrons. The average molecular weight is 308 g/mol. The lowest BCUT2D eigenvalue weighted by atomic mass is 10.1. The molecular formula is C13H14BrN3O. The molecule has 2 aliphatic rings. The number of aliphatic imine (C=N–C) groups is 1. The van der Waals surface area contributed by atoms with E-state index in [0.717, 1.165) is 16.6 Å². The summed E-state index contributed by atoms with van der Waals surface area (Å²) in [5.74, 6) is 1.02. The van der Waals surface area contributed by atoms with Gasteiger partial charge in [0.15, 0.2) is 0 Å². The third kappa shape index (κ3) is 2.03. The van der Waals surface area contributed by atoms with Gasteiger partial charge in [0.25, 0.3) is 0 Å². The Morgan fingerprint density at radius 2 is 2.11 bits per heavy atom. The van der Waals surface area contributed by atoms with Crippen molar-refractivity contribution in [3.8, 4) is 0 Å². The highest BCUT2D eigenvalue weighted by atomic mass is 79.9. The Morgan fingerprint density at radius 1 is 1.39 bits per heavy atom. The van der Waals surface area contributed by atoms with Crippen LogP contribution in [-0.4, -0.2) is 23.3 Å². The predicted octanol–water partition coefficient (Wildman–Crippen LogP) is 2.69. The van der Waals surface area contributed by atoms with Crippen LogP contribution in [0, 0.1) is 5.92 Å². The fourth-order valence-electron chi connectivity index (χ4n) is 2.29. The number of amides is 2. The van der Waals surface area contributed by atoms with Crippen molar-refractivity contribution in [3.63, 3.8) is 0 Å². The molecule has 0 spiro atoms. The first-order chi connectivity index (χ1) is 8.66. The molecule has 1 aromatic rings. The van der Waals surface area contributed by atoms with E-state index in [1.54, 1.807) is 4.90 Å². The summed E-state index contributed by atoms with van der Waals surface area (Å²) < 4.78 is 0.962. The predicted molar refractivity (Wildman–Crippen MR) is 73.3 cm³/mol. The van der Waals surface area contributed by atoms with Crippen LogP contribution in [0.5, 0.6) is 0 Å². The van der Waals surface area contributed by atoms with Crippen LogP contribution in [0.25, 0.3) is 0 Å². The second-order valence-electron chi connectivity index (χ2n) is 4.84. The van der Waals surface area contributed by atoms with E-state index >= 15 is 0 Å². The van der Waals surface area contributed by atoms with E-state index in [1.807, 2.05) is 24.3 Å². The van der Waals surface area contributed by atoms with Crippen LogP contribution in [0.15, 0.2) is 33.7 Å². The third-order valence-corrected chi connectivity index (χ3v) is 4.14. The summed E-state index contributed by atoms with van der Waals surface area (Å²) in [6.07, 6.45) is 2.40. The van der Waals surface area contributed by atoms with E-state index < -0.39 is 0 Å². The van der Waals surface area contributed by atoms with E-state index in [2.05, 4.69) is 20.9 Å². The maximum absolute atomic E-state index is 11.9. The number of halogens is 1. The molecule has 1 atom stereocenters. The summed E-state index contributed by atoms with van der Waals surface area (Å²) in [7, 11) is 0. The van der Waals surface area contributed by atoms with Crippen molar-refractivity contribution in [2.45, 2.75) is 18.9 Å². The Hall–Kier alpha value is -1.36. The lowest BCUT2D eigenvalue weighted by Gasteiger charge is -2.25. The molecule has 1 unspecified atom stereocenters. The monoisotopic (exact) mass is 307 g/mol. The minimum Gasteiger partial charge on any atom is -0.385 e. The Labute approximate surface area is 114 Å². The molecule has 4 nitrogen and oxygen atoms in total. The molecule has 1 heterocycles.